The van der Waals surface area contributed by atoms with Crippen LogP contribution in [-0.2, 0) is 26.2 Å². The lowest BCUT2D eigenvalue weighted by atomic mass is 10.1. The molecule has 3 aromatic carbocycles. The Balaban J connectivity index is 1.69. The van der Waals surface area contributed by atoms with Crippen LogP contribution in [0, 0.1) is 0 Å². The first-order valence-electron chi connectivity index (χ1n) is 13.9. The molecule has 1 aliphatic rings. The van der Waals surface area contributed by atoms with E-state index in [2.05, 4.69) is 5.32 Å². The number of nitrogens with one attached hydrogen (secondary N) is 1. The normalized spacial score (nSPS) is 14.3. The molecule has 0 spiro atoms. The Bertz CT molecular complexity index is 1480. The molecule has 1 saturated carbocycles. The lowest BCUT2D eigenvalue weighted by Gasteiger charge is -2.32. The van der Waals surface area contributed by atoms with E-state index in [1.165, 1.54) is 29.2 Å². The zero-order chi connectivity index (χ0) is 30.3. The molecule has 0 bridgehead atoms. The molecule has 1 aliphatic carbocycles. The van der Waals surface area contributed by atoms with Crippen molar-refractivity contribution in [2.24, 2.45) is 0 Å². The predicted octanol–water partition coefficient (Wildman–Crippen LogP) is 6.06. The summed E-state index contributed by atoms with van der Waals surface area (Å²) in [5, 5.41) is 3.93. The van der Waals surface area contributed by atoms with Gasteiger partial charge in [-0.2, -0.15) is 0 Å². The highest BCUT2D eigenvalue weighted by atomic mass is 35.5. The zero-order valence-electron chi connectivity index (χ0n) is 23.6. The molecule has 8 nitrogen and oxygen atoms in total. The van der Waals surface area contributed by atoms with E-state index >= 15 is 0 Å². The van der Waals surface area contributed by atoms with Crippen molar-refractivity contribution in [3.05, 3.63) is 88.4 Å². The molecule has 1 unspecified atom stereocenters. The average molecular weight is 633 g/mol. The molecule has 11 heteroatoms. The number of hydrogen-bond acceptors (Lipinski definition) is 5. The van der Waals surface area contributed by atoms with Gasteiger partial charge in [0.25, 0.3) is 10.0 Å². The quantitative estimate of drug-likeness (QED) is 0.262. The van der Waals surface area contributed by atoms with Crippen LogP contribution in [0.25, 0.3) is 0 Å². The standard InChI is InChI=1S/C31H35Cl2N3O5S/c1-3-41-28-15-13-27(14-16-28)36(42(39,40)29-17-11-24(32)12-18-29)21-30(37)35(20-23-7-6-8-25(33)19-23)22(2)31(38)34-26-9-4-5-10-26/h6-8,11-19,22,26H,3-5,9-10,20-21H2,1-2H3,(H,34,38). The van der Waals surface area contributed by atoms with Crippen LogP contribution in [0.1, 0.15) is 45.1 Å². The fourth-order valence-corrected chi connectivity index (χ4v) is 6.70. The summed E-state index contributed by atoms with van der Waals surface area (Å²) >= 11 is 12.2. The summed E-state index contributed by atoms with van der Waals surface area (Å²) in [4.78, 5) is 28.8. The first-order valence-corrected chi connectivity index (χ1v) is 16.1. The largest absolute Gasteiger partial charge is 0.494 e. The highest BCUT2D eigenvalue weighted by Gasteiger charge is 2.33. The van der Waals surface area contributed by atoms with Crippen molar-refractivity contribution in [2.75, 3.05) is 17.5 Å². The van der Waals surface area contributed by atoms with Crippen LogP contribution in [0.15, 0.2) is 77.7 Å². The summed E-state index contributed by atoms with van der Waals surface area (Å²) in [7, 11) is -4.20. The minimum Gasteiger partial charge on any atom is -0.494 e. The Labute approximate surface area is 257 Å². The Morgan fingerprint density at radius 1 is 0.976 bits per heavy atom. The van der Waals surface area contributed by atoms with Crippen LogP contribution < -0.4 is 14.4 Å². The van der Waals surface area contributed by atoms with Gasteiger partial charge in [-0.05, 0) is 92.9 Å². The number of carbonyl (C=O) groups is 2. The van der Waals surface area contributed by atoms with Gasteiger partial charge in [-0.25, -0.2) is 8.42 Å². The van der Waals surface area contributed by atoms with Crippen LogP contribution in [0.5, 0.6) is 5.75 Å². The molecule has 1 atom stereocenters. The van der Waals surface area contributed by atoms with Crippen molar-refractivity contribution in [2.45, 2.75) is 63.1 Å². The summed E-state index contributed by atoms with van der Waals surface area (Å²) < 4.78 is 34.4. The third-order valence-electron chi connectivity index (χ3n) is 7.23. The van der Waals surface area contributed by atoms with E-state index in [0.29, 0.717) is 28.0 Å². The number of amides is 2. The first kappa shape index (κ1) is 31.7. The predicted molar refractivity (Wildman–Crippen MR) is 165 cm³/mol. The number of anilines is 1. The van der Waals surface area contributed by atoms with Gasteiger partial charge in [0.2, 0.25) is 11.8 Å². The molecule has 0 saturated heterocycles. The van der Waals surface area contributed by atoms with E-state index in [1.807, 2.05) is 13.0 Å². The topological polar surface area (TPSA) is 96.0 Å². The lowest BCUT2D eigenvalue weighted by Crippen LogP contribution is -2.52. The van der Waals surface area contributed by atoms with Crippen molar-refractivity contribution >= 4 is 50.7 Å². The molecule has 0 aromatic heterocycles. The second-order valence-electron chi connectivity index (χ2n) is 10.2. The monoisotopic (exact) mass is 631 g/mol. The van der Waals surface area contributed by atoms with Crippen molar-refractivity contribution in [3.63, 3.8) is 0 Å². The molecule has 0 heterocycles. The van der Waals surface area contributed by atoms with Gasteiger partial charge in [-0.15, -0.1) is 0 Å². The fraction of sp³-hybridized carbons (Fsp3) is 0.355. The van der Waals surface area contributed by atoms with Gasteiger partial charge in [-0.3, -0.25) is 13.9 Å². The van der Waals surface area contributed by atoms with Gasteiger partial charge in [0, 0.05) is 22.6 Å². The molecular weight excluding hydrogens is 597 g/mol. The number of hydrogen-bond donors (Lipinski definition) is 1. The summed E-state index contributed by atoms with van der Waals surface area (Å²) in [6, 6.07) is 18.4. The number of sulfonamides is 1. The summed E-state index contributed by atoms with van der Waals surface area (Å²) in [6.07, 6.45) is 3.88. The highest BCUT2D eigenvalue weighted by molar-refractivity contribution is 7.92. The number of carbonyl (C=O) groups excluding carboxylic acids is 2. The van der Waals surface area contributed by atoms with Gasteiger partial charge in [-0.1, -0.05) is 48.2 Å². The maximum absolute atomic E-state index is 14.1. The minimum atomic E-state index is -4.20. The number of rotatable bonds is 12. The molecule has 42 heavy (non-hydrogen) atoms. The maximum Gasteiger partial charge on any atom is 0.264 e. The fourth-order valence-electron chi connectivity index (χ4n) is 4.94. The third-order valence-corrected chi connectivity index (χ3v) is 9.50. The smallest absolute Gasteiger partial charge is 0.264 e. The van der Waals surface area contributed by atoms with Crippen LogP contribution in [0.3, 0.4) is 0 Å². The summed E-state index contributed by atoms with van der Waals surface area (Å²) in [6.45, 7) is 3.48. The molecule has 3 aromatic rings. The van der Waals surface area contributed by atoms with Crippen molar-refractivity contribution < 1.29 is 22.7 Å². The van der Waals surface area contributed by atoms with Crippen molar-refractivity contribution in [3.8, 4) is 5.75 Å². The molecular formula is C31H35Cl2N3O5S. The number of ether oxygens (including phenoxy) is 1. The van der Waals surface area contributed by atoms with Crippen molar-refractivity contribution in [1.82, 2.24) is 10.2 Å². The molecule has 4 rings (SSSR count). The Kier molecular flexibility index (Phi) is 10.8. The maximum atomic E-state index is 14.1. The van der Waals surface area contributed by atoms with Crippen LogP contribution >= 0.6 is 23.2 Å². The van der Waals surface area contributed by atoms with Crippen LogP contribution in [0.4, 0.5) is 5.69 Å². The Hall–Kier alpha value is -3.27. The van der Waals surface area contributed by atoms with E-state index in [1.54, 1.807) is 49.4 Å². The second-order valence-corrected chi connectivity index (χ2v) is 12.9. The van der Waals surface area contributed by atoms with Crippen LogP contribution in [-0.4, -0.2) is 50.4 Å². The molecule has 1 N–H and O–H groups in total. The van der Waals surface area contributed by atoms with Gasteiger partial charge < -0.3 is 15.0 Å². The Morgan fingerprint density at radius 3 is 2.26 bits per heavy atom. The van der Waals surface area contributed by atoms with Crippen LogP contribution in [0.2, 0.25) is 10.0 Å². The molecule has 0 radical (unpaired) electrons. The third kappa shape index (κ3) is 7.96. The number of benzene rings is 3. The summed E-state index contributed by atoms with van der Waals surface area (Å²) in [5.41, 5.74) is 0.983. The molecule has 224 valence electrons. The zero-order valence-corrected chi connectivity index (χ0v) is 26.0. The minimum absolute atomic E-state index is 0.0259. The van der Waals surface area contributed by atoms with Gasteiger partial charge in [0.15, 0.2) is 0 Å². The Morgan fingerprint density at radius 2 is 1.64 bits per heavy atom. The molecule has 2 amide bonds. The average Bonchev–Trinajstić information content (AvgIpc) is 3.48. The second kappa shape index (κ2) is 14.3. The van der Waals surface area contributed by atoms with Gasteiger partial charge >= 0.3 is 0 Å². The van der Waals surface area contributed by atoms with E-state index in [0.717, 1.165) is 30.0 Å². The van der Waals surface area contributed by atoms with Gasteiger partial charge in [0.1, 0.15) is 18.3 Å². The van der Waals surface area contributed by atoms with Crippen molar-refractivity contribution in [1.29, 1.82) is 0 Å². The number of nitrogens with zero attached hydrogens (tertiary/aromatic N) is 2. The van der Waals surface area contributed by atoms with E-state index < -0.39 is 28.5 Å². The lowest BCUT2D eigenvalue weighted by molar-refractivity contribution is -0.139. The van der Waals surface area contributed by atoms with Gasteiger partial charge in [0.05, 0.1) is 17.2 Å². The molecule has 1 fully saturated rings. The van der Waals surface area contributed by atoms with E-state index in [-0.39, 0.29) is 29.1 Å². The SMILES string of the molecule is CCOc1ccc(N(CC(=O)N(Cc2cccc(Cl)c2)C(C)C(=O)NC2CCCC2)S(=O)(=O)c2ccc(Cl)cc2)cc1. The van der Waals surface area contributed by atoms with E-state index in [4.69, 9.17) is 27.9 Å². The first-order chi connectivity index (χ1) is 20.1. The molecule has 0 aliphatic heterocycles. The highest BCUT2D eigenvalue weighted by Crippen LogP contribution is 2.28. The summed E-state index contributed by atoms with van der Waals surface area (Å²) in [5.74, 6) is -0.267. The van der Waals surface area contributed by atoms with E-state index in [9.17, 15) is 18.0 Å². The number of halogens is 2.